The number of aryl methyl sites for hydroxylation is 1. The predicted molar refractivity (Wildman–Crippen MR) is 117 cm³/mol. The number of ether oxygens (including phenoxy) is 1. The van der Waals surface area contributed by atoms with Crippen LogP contribution in [0.25, 0.3) is 0 Å². The second kappa shape index (κ2) is 9.60. The van der Waals surface area contributed by atoms with Crippen LogP contribution in [-0.4, -0.2) is 41.9 Å². The zero-order valence-corrected chi connectivity index (χ0v) is 18.8. The van der Waals surface area contributed by atoms with E-state index in [9.17, 15) is 13.2 Å². The van der Waals surface area contributed by atoms with Gasteiger partial charge >= 0.3 is 6.18 Å². The summed E-state index contributed by atoms with van der Waals surface area (Å²) in [4.78, 5) is 6.56. The summed E-state index contributed by atoms with van der Waals surface area (Å²) < 4.78 is 47.9. The first-order chi connectivity index (χ1) is 15.1. The molecule has 7 heteroatoms. The summed E-state index contributed by atoms with van der Waals surface area (Å²) in [6, 6.07) is 14.8. The third-order valence-corrected chi connectivity index (χ3v) is 6.65. The summed E-state index contributed by atoms with van der Waals surface area (Å²) >= 11 is 0. The second-order valence-electron chi connectivity index (χ2n) is 8.99. The molecule has 4 nitrogen and oxygen atoms in total. The molecule has 1 aromatic carbocycles. The molecule has 0 spiro atoms. The summed E-state index contributed by atoms with van der Waals surface area (Å²) in [6.45, 7) is 6.45. The van der Waals surface area contributed by atoms with Gasteiger partial charge in [0.25, 0.3) is 0 Å². The Kier molecular flexibility index (Phi) is 7.26. The van der Waals surface area contributed by atoms with Gasteiger partial charge in [-0.2, -0.15) is 18.4 Å². The van der Waals surface area contributed by atoms with Crippen LogP contribution in [0, 0.1) is 16.7 Å². The van der Waals surface area contributed by atoms with E-state index in [4.69, 9.17) is 10.00 Å². The van der Waals surface area contributed by atoms with E-state index in [1.54, 1.807) is 25.3 Å². The van der Waals surface area contributed by atoms with Crippen molar-refractivity contribution in [3.63, 3.8) is 0 Å². The molecule has 0 bridgehead atoms. The van der Waals surface area contributed by atoms with Crippen molar-refractivity contribution >= 4 is 0 Å². The average molecular weight is 446 g/mol. The minimum absolute atomic E-state index is 0.00638. The molecule has 0 unspecified atom stereocenters. The van der Waals surface area contributed by atoms with Crippen LogP contribution in [0.4, 0.5) is 13.2 Å². The third kappa shape index (κ3) is 5.13. The highest BCUT2D eigenvalue weighted by molar-refractivity contribution is 5.31. The molecule has 172 valence electrons. The molecule has 1 fully saturated rings. The Balaban J connectivity index is 1.89. The van der Waals surface area contributed by atoms with Crippen LogP contribution < -0.4 is 0 Å². The standard InChI is InChI=1S/C25H30F3N3O/c1-4-32-22(25(26,27)28)24(13-12-19-8-10-20(17-29)11-9-19)14-16-31(18-24)23(2,3)21-7-5-6-15-30-21/h5-11,15,22H,4,12-14,16,18H2,1-3H3/t22-,24-/m1/s1. The number of aromatic nitrogens is 1. The van der Waals surface area contributed by atoms with Crippen LogP contribution >= 0.6 is 0 Å². The molecule has 32 heavy (non-hydrogen) atoms. The van der Waals surface area contributed by atoms with Gasteiger partial charge < -0.3 is 4.74 Å². The quantitative estimate of drug-likeness (QED) is 0.540. The van der Waals surface area contributed by atoms with Gasteiger partial charge in [-0.3, -0.25) is 9.88 Å². The highest BCUT2D eigenvalue weighted by Gasteiger charge is 2.58. The highest BCUT2D eigenvalue weighted by atomic mass is 19.4. The van der Waals surface area contributed by atoms with Gasteiger partial charge in [0.2, 0.25) is 0 Å². The molecule has 2 aromatic rings. The first-order valence-electron chi connectivity index (χ1n) is 11.0. The molecular formula is C25H30F3N3O. The summed E-state index contributed by atoms with van der Waals surface area (Å²) in [7, 11) is 0. The molecule has 1 aromatic heterocycles. The van der Waals surface area contributed by atoms with E-state index in [0.717, 1.165) is 11.3 Å². The average Bonchev–Trinajstić information content (AvgIpc) is 3.22. The Bertz CT molecular complexity index is 922. The smallest absolute Gasteiger partial charge is 0.368 e. The minimum Gasteiger partial charge on any atom is -0.368 e. The Labute approximate surface area is 188 Å². The fourth-order valence-corrected chi connectivity index (χ4v) is 4.73. The fourth-order valence-electron chi connectivity index (χ4n) is 4.73. The molecule has 2 heterocycles. The maximum atomic E-state index is 14.2. The lowest BCUT2D eigenvalue weighted by molar-refractivity contribution is -0.254. The van der Waals surface area contributed by atoms with Crippen molar-refractivity contribution in [3.05, 3.63) is 65.5 Å². The van der Waals surface area contributed by atoms with Crippen molar-refractivity contribution in [3.8, 4) is 6.07 Å². The van der Waals surface area contributed by atoms with Crippen molar-refractivity contribution < 1.29 is 17.9 Å². The van der Waals surface area contributed by atoms with Crippen molar-refractivity contribution in [2.75, 3.05) is 19.7 Å². The van der Waals surface area contributed by atoms with Gasteiger partial charge in [0.15, 0.2) is 6.10 Å². The molecule has 2 atom stereocenters. The Morgan fingerprint density at radius 1 is 1.19 bits per heavy atom. The maximum absolute atomic E-state index is 14.2. The fraction of sp³-hybridized carbons (Fsp3) is 0.520. The normalized spacial score (nSPS) is 20.8. The van der Waals surface area contributed by atoms with Crippen molar-refractivity contribution in [1.82, 2.24) is 9.88 Å². The lowest BCUT2D eigenvalue weighted by Crippen LogP contribution is -2.51. The number of benzene rings is 1. The molecule has 1 aliphatic rings. The lowest BCUT2D eigenvalue weighted by atomic mass is 9.75. The third-order valence-electron chi connectivity index (χ3n) is 6.65. The van der Waals surface area contributed by atoms with Gasteiger partial charge in [-0.25, -0.2) is 0 Å². The van der Waals surface area contributed by atoms with E-state index in [1.807, 2.05) is 44.2 Å². The van der Waals surface area contributed by atoms with E-state index >= 15 is 0 Å². The Hall–Kier alpha value is -2.43. The van der Waals surface area contributed by atoms with Crippen molar-refractivity contribution in [2.24, 2.45) is 5.41 Å². The van der Waals surface area contributed by atoms with E-state index in [0.29, 0.717) is 31.4 Å². The van der Waals surface area contributed by atoms with Gasteiger partial charge in [-0.1, -0.05) is 18.2 Å². The number of nitrogens with zero attached hydrogens (tertiary/aromatic N) is 3. The molecule has 0 N–H and O–H groups in total. The van der Waals surface area contributed by atoms with Crippen LogP contribution in [0.1, 0.15) is 50.4 Å². The second-order valence-corrected chi connectivity index (χ2v) is 8.99. The highest BCUT2D eigenvalue weighted by Crippen LogP contribution is 2.48. The molecule has 3 rings (SSSR count). The van der Waals surface area contributed by atoms with Gasteiger partial charge in [0.05, 0.1) is 22.9 Å². The number of halogens is 3. The van der Waals surface area contributed by atoms with Crippen LogP contribution in [0.2, 0.25) is 0 Å². The molecule has 0 amide bonds. The van der Waals surface area contributed by atoms with Crippen molar-refractivity contribution in [1.29, 1.82) is 5.26 Å². The van der Waals surface area contributed by atoms with Gasteiger partial charge in [-0.15, -0.1) is 0 Å². The molecule has 1 aliphatic heterocycles. The van der Waals surface area contributed by atoms with E-state index in [1.165, 1.54) is 0 Å². The molecule has 1 saturated heterocycles. The molecule has 0 saturated carbocycles. The summed E-state index contributed by atoms with van der Waals surface area (Å²) in [5.74, 6) is 0. The zero-order chi connectivity index (χ0) is 23.4. The first-order valence-corrected chi connectivity index (χ1v) is 11.0. The number of rotatable bonds is 8. The maximum Gasteiger partial charge on any atom is 0.415 e. The van der Waals surface area contributed by atoms with Crippen LogP contribution in [0.5, 0.6) is 0 Å². The first kappa shape index (κ1) is 24.2. The molecule has 0 radical (unpaired) electrons. The van der Waals surface area contributed by atoms with E-state index in [-0.39, 0.29) is 13.2 Å². The number of alkyl halides is 3. The Morgan fingerprint density at radius 2 is 1.91 bits per heavy atom. The number of nitriles is 1. The predicted octanol–water partition coefficient (Wildman–Crippen LogP) is 5.48. The van der Waals surface area contributed by atoms with Crippen LogP contribution in [0.15, 0.2) is 48.7 Å². The zero-order valence-electron chi connectivity index (χ0n) is 18.8. The number of pyridine rings is 1. The topological polar surface area (TPSA) is 49.1 Å². The lowest BCUT2D eigenvalue weighted by Gasteiger charge is -2.41. The monoisotopic (exact) mass is 445 g/mol. The number of likely N-dealkylation sites (tertiary alicyclic amines) is 1. The summed E-state index contributed by atoms with van der Waals surface area (Å²) in [6.07, 6.45) is -3.34. The molecule has 0 aliphatic carbocycles. The van der Waals surface area contributed by atoms with Crippen LogP contribution in [0.3, 0.4) is 0 Å². The van der Waals surface area contributed by atoms with Crippen LogP contribution in [-0.2, 0) is 16.7 Å². The van der Waals surface area contributed by atoms with Gasteiger partial charge in [0, 0.05) is 24.8 Å². The van der Waals surface area contributed by atoms with Gasteiger partial charge in [0.1, 0.15) is 0 Å². The number of hydrogen-bond donors (Lipinski definition) is 0. The number of hydrogen-bond acceptors (Lipinski definition) is 4. The SMILES string of the molecule is CCO[C@@H](C(F)(F)F)[C@]1(CCc2ccc(C#N)cc2)CCN(C(C)(C)c2ccccn2)C1. The molecular weight excluding hydrogens is 415 g/mol. The Morgan fingerprint density at radius 3 is 2.47 bits per heavy atom. The largest absolute Gasteiger partial charge is 0.415 e. The summed E-state index contributed by atoms with van der Waals surface area (Å²) in [5.41, 5.74) is 0.731. The van der Waals surface area contributed by atoms with E-state index in [2.05, 4.69) is 16.0 Å². The van der Waals surface area contributed by atoms with Gasteiger partial charge in [-0.05, 0) is 76.4 Å². The summed E-state index contributed by atoms with van der Waals surface area (Å²) in [5, 5.41) is 8.99. The van der Waals surface area contributed by atoms with E-state index < -0.39 is 23.2 Å². The van der Waals surface area contributed by atoms with Crippen molar-refractivity contribution in [2.45, 2.75) is 57.9 Å². The minimum atomic E-state index is -4.45.